The first-order valence-electron chi connectivity index (χ1n) is 7.42. The molecule has 0 spiro atoms. The van der Waals surface area contributed by atoms with Gasteiger partial charge in [-0.3, -0.25) is 9.59 Å². The Labute approximate surface area is 151 Å². The highest BCUT2D eigenvalue weighted by Crippen LogP contribution is 2.18. The van der Waals surface area contributed by atoms with E-state index in [2.05, 4.69) is 10.6 Å². The van der Waals surface area contributed by atoms with Crippen molar-refractivity contribution >= 4 is 44.6 Å². The zero-order chi connectivity index (χ0) is 18.4. The third-order valence-corrected chi connectivity index (χ3v) is 5.19. The zero-order valence-corrected chi connectivity index (χ0v) is 15.0. The van der Waals surface area contributed by atoms with Crippen molar-refractivity contribution in [2.75, 3.05) is 16.4 Å². The number of sulfone groups is 1. The number of anilines is 2. The second-order valence-electron chi connectivity index (χ2n) is 5.33. The molecule has 2 aromatic rings. The first-order chi connectivity index (χ1) is 11.8. The number of benzene rings is 2. The molecule has 25 heavy (non-hydrogen) atoms. The van der Waals surface area contributed by atoms with Crippen LogP contribution in [0.15, 0.2) is 53.4 Å². The first-order valence-corrected chi connectivity index (χ1v) is 9.45. The Kier molecular flexibility index (Phi) is 6.17. The first kappa shape index (κ1) is 19.0. The van der Waals surface area contributed by atoms with Crippen LogP contribution in [-0.4, -0.2) is 26.0 Å². The van der Waals surface area contributed by atoms with E-state index in [1.54, 1.807) is 36.4 Å². The highest BCUT2D eigenvalue weighted by Gasteiger charge is 2.17. The average Bonchev–Trinajstić information content (AvgIpc) is 2.54. The van der Waals surface area contributed by atoms with Crippen molar-refractivity contribution in [2.24, 2.45) is 0 Å². The molecule has 0 heterocycles. The van der Waals surface area contributed by atoms with Gasteiger partial charge < -0.3 is 10.6 Å². The van der Waals surface area contributed by atoms with Gasteiger partial charge in [0.15, 0.2) is 9.84 Å². The van der Waals surface area contributed by atoms with Gasteiger partial charge in [0.2, 0.25) is 11.8 Å². The molecule has 0 aliphatic rings. The van der Waals surface area contributed by atoms with Crippen LogP contribution < -0.4 is 10.6 Å². The molecular formula is C17H17ClN2O4S. The van der Waals surface area contributed by atoms with Crippen LogP contribution in [0.25, 0.3) is 0 Å². The molecule has 0 radical (unpaired) electrons. The Bertz CT molecular complexity index is 880. The smallest absolute Gasteiger partial charge is 0.225 e. The van der Waals surface area contributed by atoms with Gasteiger partial charge in [0.25, 0.3) is 0 Å². The van der Waals surface area contributed by atoms with Gasteiger partial charge in [-0.25, -0.2) is 8.42 Å². The van der Waals surface area contributed by atoms with Crippen LogP contribution in [0.4, 0.5) is 11.4 Å². The van der Waals surface area contributed by atoms with Crippen LogP contribution in [0.2, 0.25) is 5.02 Å². The minimum Gasteiger partial charge on any atom is -0.326 e. The van der Waals surface area contributed by atoms with E-state index in [1.165, 1.54) is 19.1 Å². The lowest BCUT2D eigenvalue weighted by molar-refractivity contribution is -0.116. The van der Waals surface area contributed by atoms with E-state index < -0.39 is 15.7 Å². The van der Waals surface area contributed by atoms with Gasteiger partial charge in [0.05, 0.1) is 10.6 Å². The molecule has 132 valence electrons. The summed E-state index contributed by atoms with van der Waals surface area (Å²) >= 11 is 5.80. The Morgan fingerprint density at radius 3 is 2.16 bits per heavy atom. The molecule has 0 aliphatic carbocycles. The fourth-order valence-electron chi connectivity index (χ4n) is 2.07. The Hall–Kier alpha value is -2.38. The molecule has 2 amide bonds. The van der Waals surface area contributed by atoms with Gasteiger partial charge in [0.1, 0.15) is 0 Å². The van der Waals surface area contributed by atoms with Crippen molar-refractivity contribution in [3.05, 3.63) is 53.6 Å². The molecule has 0 unspecified atom stereocenters. The SMILES string of the molecule is CC(=O)Nc1ccc(NC(=O)CCS(=O)(=O)c2cccc(Cl)c2)cc1. The summed E-state index contributed by atoms with van der Waals surface area (Å²) in [6, 6.07) is 12.4. The van der Waals surface area contributed by atoms with E-state index in [0.29, 0.717) is 16.4 Å². The third kappa shape index (κ3) is 5.88. The third-order valence-electron chi connectivity index (χ3n) is 3.24. The van der Waals surface area contributed by atoms with E-state index in [1.807, 2.05) is 0 Å². The summed E-state index contributed by atoms with van der Waals surface area (Å²) in [7, 11) is -3.58. The number of nitrogens with one attached hydrogen (secondary N) is 2. The topological polar surface area (TPSA) is 92.3 Å². The van der Waals surface area contributed by atoms with Crippen LogP contribution in [-0.2, 0) is 19.4 Å². The number of hydrogen-bond donors (Lipinski definition) is 2. The van der Waals surface area contributed by atoms with E-state index in [0.717, 1.165) is 0 Å². The van der Waals surface area contributed by atoms with E-state index in [-0.39, 0.29) is 23.0 Å². The minimum atomic E-state index is -3.58. The maximum absolute atomic E-state index is 12.2. The minimum absolute atomic E-state index is 0.0902. The Morgan fingerprint density at radius 2 is 1.60 bits per heavy atom. The summed E-state index contributed by atoms with van der Waals surface area (Å²) in [5, 5.41) is 5.55. The lowest BCUT2D eigenvalue weighted by Gasteiger charge is -2.08. The van der Waals surface area contributed by atoms with Crippen LogP contribution >= 0.6 is 11.6 Å². The summed E-state index contributed by atoms with van der Waals surface area (Å²) in [5.41, 5.74) is 1.12. The van der Waals surface area contributed by atoms with E-state index in [4.69, 9.17) is 11.6 Å². The molecule has 2 aromatic carbocycles. The molecule has 0 aliphatic heterocycles. The zero-order valence-electron chi connectivity index (χ0n) is 13.5. The molecule has 2 rings (SSSR count). The molecule has 0 saturated carbocycles. The van der Waals surface area contributed by atoms with Crippen LogP contribution in [0.5, 0.6) is 0 Å². The van der Waals surface area contributed by atoms with Crippen molar-refractivity contribution in [2.45, 2.75) is 18.2 Å². The van der Waals surface area contributed by atoms with Crippen molar-refractivity contribution in [1.82, 2.24) is 0 Å². The summed E-state index contributed by atoms with van der Waals surface area (Å²) in [4.78, 5) is 23.0. The highest BCUT2D eigenvalue weighted by atomic mass is 35.5. The molecule has 6 nitrogen and oxygen atoms in total. The van der Waals surface area contributed by atoms with Crippen molar-refractivity contribution in [3.8, 4) is 0 Å². The van der Waals surface area contributed by atoms with Crippen molar-refractivity contribution in [1.29, 1.82) is 0 Å². The fourth-order valence-corrected chi connectivity index (χ4v) is 3.61. The summed E-state index contributed by atoms with van der Waals surface area (Å²) < 4.78 is 24.4. The molecule has 8 heteroatoms. The molecule has 2 N–H and O–H groups in total. The second-order valence-corrected chi connectivity index (χ2v) is 7.88. The number of halogens is 1. The van der Waals surface area contributed by atoms with Gasteiger partial charge in [-0.05, 0) is 42.5 Å². The number of amides is 2. The normalized spacial score (nSPS) is 11.0. The fraction of sp³-hybridized carbons (Fsp3) is 0.176. The standard InChI is InChI=1S/C17H17ClN2O4S/c1-12(21)19-14-5-7-15(8-6-14)20-17(22)9-10-25(23,24)16-4-2-3-13(18)11-16/h2-8,11H,9-10H2,1H3,(H,19,21)(H,20,22). The lowest BCUT2D eigenvalue weighted by Crippen LogP contribution is -2.17. The van der Waals surface area contributed by atoms with Gasteiger partial charge in [0, 0.05) is 29.7 Å². The van der Waals surface area contributed by atoms with Gasteiger partial charge in [-0.15, -0.1) is 0 Å². The number of rotatable bonds is 6. The monoisotopic (exact) mass is 380 g/mol. The van der Waals surface area contributed by atoms with Crippen LogP contribution in [0.1, 0.15) is 13.3 Å². The van der Waals surface area contributed by atoms with Gasteiger partial charge in [-0.2, -0.15) is 0 Å². The number of carbonyl (C=O) groups is 2. The van der Waals surface area contributed by atoms with E-state index >= 15 is 0 Å². The molecule has 0 aromatic heterocycles. The molecule has 0 fully saturated rings. The summed E-state index contributed by atoms with van der Waals surface area (Å²) in [5.74, 6) is -0.927. The highest BCUT2D eigenvalue weighted by molar-refractivity contribution is 7.91. The largest absolute Gasteiger partial charge is 0.326 e. The van der Waals surface area contributed by atoms with Crippen LogP contribution in [0.3, 0.4) is 0 Å². The predicted octanol–water partition coefficient (Wildman–Crippen LogP) is 3.10. The molecule has 0 saturated heterocycles. The maximum atomic E-state index is 12.2. The molecular weight excluding hydrogens is 364 g/mol. The maximum Gasteiger partial charge on any atom is 0.225 e. The second kappa shape index (κ2) is 8.13. The number of carbonyl (C=O) groups excluding carboxylic acids is 2. The summed E-state index contributed by atoms with van der Waals surface area (Å²) in [6.45, 7) is 1.40. The van der Waals surface area contributed by atoms with E-state index in [9.17, 15) is 18.0 Å². The lowest BCUT2D eigenvalue weighted by atomic mass is 10.2. The summed E-state index contributed by atoms with van der Waals surface area (Å²) in [6.07, 6.45) is -0.178. The quantitative estimate of drug-likeness (QED) is 0.805. The van der Waals surface area contributed by atoms with Crippen molar-refractivity contribution < 1.29 is 18.0 Å². The Balaban J connectivity index is 1.93. The van der Waals surface area contributed by atoms with Gasteiger partial charge in [-0.1, -0.05) is 17.7 Å². The van der Waals surface area contributed by atoms with Crippen molar-refractivity contribution in [3.63, 3.8) is 0 Å². The average molecular weight is 381 g/mol. The van der Waals surface area contributed by atoms with Gasteiger partial charge >= 0.3 is 0 Å². The molecule has 0 bridgehead atoms. The predicted molar refractivity (Wildman–Crippen MR) is 97.5 cm³/mol. The Morgan fingerprint density at radius 1 is 1.00 bits per heavy atom. The van der Waals surface area contributed by atoms with Crippen LogP contribution in [0, 0.1) is 0 Å². The number of hydrogen-bond acceptors (Lipinski definition) is 4. The molecule has 0 atom stereocenters.